The van der Waals surface area contributed by atoms with Crippen LogP contribution in [-0.2, 0) is 10.9 Å². The first kappa shape index (κ1) is 37.2. The molecule has 2 aliphatic rings. The van der Waals surface area contributed by atoms with Crippen molar-refractivity contribution < 1.29 is 36.2 Å². The lowest BCUT2D eigenvalue weighted by molar-refractivity contribution is -0.137. The lowest BCUT2D eigenvalue weighted by Crippen LogP contribution is -2.48. The van der Waals surface area contributed by atoms with Gasteiger partial charge in [-0.2, -0.15) is 18.4 Å². The number of nitriles is 1. The minimum absolute atomic E-state index is 0.0128. The molecule has 284 valence electrons. The van der Waals surface area contributed by atoms with E-state index in [1.807, 2.05) is 14.0 Å². The number of halogens is 5. The van der Waals surface area contributed by atoms with Crippen molar-refractivity contribution in [1.29, 1.82) is 5.26 Å². The average molecular weight is 751 g/mol. The number of aromatic nitrogens is 5. The molecule has 0 saturated carbocycles. The Morgan fingerprint density at radius 3 is 2.54 bits per heavy atom. The van der Waals surface area contributed by atoms with Crippen LogP contribution < -0.4 is 4.74 Å². The van der Waals surface area contributed by atoms with Gasteiger partial charge in [0.05, 0.1) is 35.7 Å². The molecule has 0 spiro atoms. The third-order valence-corrected chi connectivity index (χ3v) is 10.3. The Bertz CT molecular complexity index is 2300. The van der Waals surface area contributed by atoms with Crippen LogP contribution in [0.5, 0.6) is 5.88 Å². The number of nitrogens with zero attached hydrogens (tertiary/aromatic N) is 8. The van der Waals surface area contributed by atoms with E-state index >= 15 is 17.6 Å². The molecule has 4 atom stereocenters. The molecule has 2 aliphatic heterocycles. The molecule has 7 rings (SSSR count). The van der Waals surface area contributed by atoms with E-state index in [0.717, 1.165) is 37.6 Å². The maximum Gasteiger partial charge on any atom is 0.417 e. The fraction of sp³-hybridized carbons (Fsp3) is 0.474. The number of fused-ring (bicyclic) bond motifs is 4. The zero-order valence-electron chi connectivity index (χ0n) is 30.4. The molecule has 3 aromatic heterocycles. The summed E-state index contributed by atoms with van der Waals surface area (Å²) in [6, 6.07) is 6.61. The van der Waals surface area contributed by atoms with Gasteiger partial charge in [0.25, 0.3) is 0 Å². The highest BCUT2D eigenvalue weighted by Gasteiger charge is 2.40. The molecular formula is C38H39F5N8O3. The summed E-state index contributed by atoms with van der Waals surface area (Å²) in [7, 11) is 1.96. The van der Waals surface area contributed by atoms with Crippen molar-refractivity contribution in [3.63, 3.8) is 0 Å². The van der Waals surface area contributed by atoms with Crippen LogP contribution in [0.1, 0.15) is 71.4 Å². The fourth-order valence-electron chi connectivity index (χ4n) is 7.83. The summed E-state index contributed by atoms with van der Waals surface area (Å²) in [5.74, 6) is -2.13. The number of alkyl halides is 3. The number of carbonyl (C=O) groups is 1. The van der Waals surface area contributed by atoms with Gasteiger partial charge in [-0.3, -0.25) is 9.88 Å². The fourth-order valence-corrected chi connectivity index (χ4v) is 7.83. The van der Waals surface area contributed by atoms with Crippen molar-refractivity contribution in [2.75, 3.05) is 20.1 Å². The van der Waals surface area contributed by atoms with Crippen LogP contribution in [0, 0.1) is 23.0 Å². The van der Waals surface area contributed by atoms with E-state index in [1.165, 1.54) is 27.9 Å². The van der Waals surface area contributed by atoms with Gasteiger partial charge < -0.3 is 14.4 Å². The van der Waals surface area contributed by atoms with E-state index in [2.05, 4.69) is 31.2 Å². The zero-order chi connectivity index (χ0) is 38.7. The Balaban J connectivity index is 1.44. The van der Waals surface area contributed by atoms with Crippen molar-refractivity contribution in [2.24, 2.45) is 0 Å². The third-order valence-electron chi connectivity index (χ3n) is 10.3. The van der Waals surface area contributed by atoms with Gasteiger partial charge in [-0.15, -0.1) is 5.10 Å². The number of benzene rings is 2. The lowest BCUT2D eigenvalue weighted by Gasteiger charge is -2.39. The van der Waals surface area contributed by atoms with Gasteiger partial charge in [0.2, 0.25) is 5.88 Å². The van der Waals surface area contributed by atoms with E-state index in [1.54, 1.807) is 20.8 Å². The van der Waals surface area contributed by atoms with Crippen molar-refractivity contribution >= 4 is 38.9 Å². The van der Waals surface area contributed by atoms with Crippen molar-refractivity contribution in [3.8, 4) is 23.1 Å². The predicted octanol–water partition coefficient (Wildman–Crippen LogP) is 8.21. The second-order valence-corrected chi connectivity index (χ2v) is 15.0. The van der Waals surface area contributed by atoms with Gasteiger partial charge in [-0.05, 0) is 97.3 Å². The summed E-state index contributed by atoms with van der Waals surface area (Å²) in [5, 5.41) is 18.1. The van der Waals surface area contributed by atoms with Crippen LogP contribution >= 0.6 is 0 Å². The lowest BCUT2D eigenvalue weighted by atomic mass is 9.93. The normalized spacial score (nSPS) is 20.5. The second kappa shape index (κ2) is 13.9. The van der Waals surface area contributed by atoms with Gasteiger partial charge in [0, 0.05) is 40.7 Å². The van der Waals surface area contributed by atoms with Crippen LogP contribution in [-0.4, -0.2) is 84.8 Å². The van der Waals surface area contributed by atoms with E-state index < -0.39 is 64.3 Å². The van der Waals surface area contributed by atoms with Gasteiger partial charge in [0.1, 0.15) is 28.6 Å². The molecule has 0 N–H and O–H groups in total. The Kier molecular flexibility index (Phi) is 9.57. The average Bonchev–Trinajstić information content (AvgIpc) is 3.75. The van der Waals surface area contributed by atoms with Crippen molar-refractivity contribution in [3.05, 3.63) is 53.7 Å². The Hall–Kier alpha value is -5.17. The summed E-state index contributed by atoms with van der Waals surface area (Å²) in [4.78, 5) is 25.4. The van der Waals surface area contributed by atoms with Crippen molar-refractivity contribution in [1.82, 2.24) is 34.8 Å². The smallest absolute Gasteiger partial charge is 0.417 e. The molecule has 0 bridgehead atoms. The van der Waals surface area contributed by atoms with Gasteiger partial charge >= 0.3 is 12.3 Å². The van der Waals surface area contributed by atoms with Crippen LogP contribution in [0.4, 0.5) is 26.7 Å². The Morgan fingerprint density at radius 1 is 1.07 bits per heavy atom. The summed E-state index contributed by atoms with van der Waals surface area (Å²) < 4.78 is 90.8. The third kappa shape index (κ3) is 6.74. The van der Waals surface area contributed by atoms with Crippen LogP contribution in [0.3, 0.4) is 0 Å². The van der Waals surface area contributed by atoms with Gasteiger partial charge in [-0.1, -0.05) is 5.21 Å². The number of pyridine rings is 2. The van der Waals surface area contributed by atoms with Crippen LogP contribution in [0.25, 0.3) is 44.0 Å². The molecule has 0 aliphatic carbocycles. The van der Waals surface area contributed by atoms with Crippen LogP contribution in [0.2, 0.25) is 0 Å². The number of hydrogen-bond donors (Lipinski definition) is 0. The highest BCUT2D eigenvalue weighted by Crippen LogP contribution is 2.46. The van der Waals surface area contributed by atoms with E-state index in [0.29, 0.717) is 0 Å². The first-order valence-electron chi connectivity index (χ1n) is 17.8. The summed E-state index contributed by atoms with van der Waals surface area (Å²) in [6.45, 7) is 8.05. The monoisotopic (exact) mass is 750 g/mol. The SMILES string of the molecule is C[C@H](Oc1nc2c(F)c(-c3ccc(F)c4cccnc34)c(C(F)(F)F)cc2c2c1nnn2[C@H]1CCN(C(=O)OC(C)(C)C)[C@H](CC#N)C1)[C@@H]1CCCN1C. The minimum Gasteiger partial charge on any atom is -0.471 e. The van der Waals surface area contributed by atoms with E-state index in [-0.39, 0.29) is 70.6 Å². The summed E-state index contributed by atoms with van der Waals surface area (Å²) in [5.41, 5.74) is -3.67. The Morgan fingerprint density at radius 2 is 1.85 bits per heavy atom. The molecule has 0 unspecified atom stereocenters. The first-order valence-corrected chi connectivity index (χ1v) is 17.8. The number of ether oxygens (including phenoxy) is 2. The first-order chi connectivity index (χ1) is 25.6. The molecule has 2 saturated heterocycles. The van der Waals surface area contributed by atoms with E-state index in [9.17, 15) is 14.4 Å². The summed E-state index contributed by atoms with van der Waals surface area (Å²) >= 11 is 0. The number of piperidine rings is 1. The molecule has 11 nitrogen and oxygen atoms in total. The molecule has 5 aromatic rings. The predicted molar refractivity (Wildman–Crippen MR) is 189 cm³/mol. The number of likely N-dealkylation sites (tertiary alicyclic amines) is 2. The number of amides is 1. The molecule has 0 radical (unpaired) electrons. The summed E-state index contributed by atoms with van der Waals surface area (Å²) in [6.07, 6.45) is -2.63. The minimum atomic E-state index is -5.07. The molecule has 5 heterocycles. The maximum absolute atomic E-state index is 17.2. The standard InChI is InChI=1S/C38H39F5N8O3/c1-20(28-9-7-16-49(28)5)53-35-33-34(51(48-47-33)22-13-17-50(21(18-22)12-14-44)36(52)54-37(2,3)4)25-19-26(38(41,42)43)29(30(40)32(25)46-35)24-10-11-27(39)23-8-6-15-45-31(23)24/h6,8,10-11,15,19-22,28H,7,9,12-13,16-18H2,1-5H3/t20-,21+,22-,28-/m0/s1. The number of hydrogen-bond acceptors (Lipinski definition) is 9. The molecule has 2 aromatic carbocycles. The zero-order valence-corrected chi connectivity index (χ0v) is 30.4. The van der Waals surface area contributed by atoms with Gasteiger partial charge in [-0.25, -0.2) is 23.2 Å². The second-order valence-electron chi connectivity index (χ2n) is 15.0. The highest BCUT2D eigenvalue weighted by molar-refractivity contribution is 6.07. The highest BCUT2D eigenvalue weighted by atomic mass is 19.4. The molecule has 54 heavy (non-hydrogen) atoms. The van der Waals surface area contributed by atoms with E-state index in [4.69, 9.17) is 9.47 Å². The number of carbonyl (C=O) groups excluding carboxylic acids is 1. The van der Waals surface area contributed by atoms with Crippen molar-refractivity contribution in [2.45, 2.75) is 95.8 Å². The quantitative estimate of drug-likeness (QED) is 0.158. The molecular weight excluding hydrogens is 711 g/mol. The molecule has 2 fully saturated rings. The molecule has 1 amide bonds. The molecule has 16 heteroatoms. The van der Waals surface area contributed by atoms with Crippen LogP contribution in [0.15, 0.2) is 36.5 Å². The number of likely N-dealkylation sites (N-methyl/N-ethyl adjacent to an activating group) is 1. The largest absolute Gasteiger partial charge is 0.471 e. The number of rotatable bonds is 6. The topological polar surface area (TPSA) is 122 Å². The van der Waals surface area contributed by atoms with Gasteiger partial charge in [0.15, 0.2) is 11.3 Å². The maximum atomic E-state index is 17.2. The Labute approximate surface area is 307 Å².